The van der Waals surface area contributed by atoms with Gasteiger partial charge in [-0.2, -0.15) is 0 Å². The van der Waals surface area contributed by atoms with Crippen LogP contribution in [0.15, 0.2) is 0 Å². The summed E-state index contributed by atoms with van der Waals surface area (Å²) in [6.45, 7) is 7.62. The highest BCUT2D eigenvalue weighted by atomic mass is 15.2. The van der Waals surface area contributed by atoms with Gasteiger partial charge in [0.25, 0.3) is 0 Å². The molecule has 0 aromatic heterocycles. The molecule has 3 aliphatic rings. The zero-order valence-electron chi connectivity index (χ0n) is 13.8. The van der Waals surface area contributed by atoms with Crippen molar-refractivity contribution >= 4 is 0 Å². The Morgan fingerprint density at radius 1 is 1.00 bits per heavy atom. The fourth-order valence-electron chi connectivity index (χ4n) is 4.23. The molecule has 3 unspecified atom stereocenters. The fraction of sp³-hybridized carbons (Fsp3) is 1.00. The molecule has 3 rings (SSSR count). The molecular weight excluding hydrogens is 244 g/mol. The topological polar surface area (TPSA) is 15.3 Å². The Morgan fingerprint density at radius 2 is 1.75 bits per heavy atom. The third-order valence-electron chi connectivity index (χ3n) is 6.06. The Morgan fingerprint density at radius 3 is 2.30 bits per heavy atom. The van der Waals surface area contributed by atoms with E-state index in [2.05, 4.69) is 31.1 Å². The summed E-state index contributed by atoms with van der Waals surface area (Å²) in [6.07, 6.45) is 10.2. The minimum absolute atomic E-state index is 0.769. The molecule has 3 aliphatic carbocycles. The van der Waals surface area contributed by atoms with Crippen molar-refractivity contribution in [2.24, 2.45) is 23.7 Å². The van der Waals surface area contributed by atoms with E-state index in [1.165, 1.54) is 58.0 Å². The quantitative estimate of drug-likeness (QED) is 0.766. The first kappa shape index (κ1) is 14.8. The molecular formula is C18H34N2. The number of nitrogens with one attached hydrogen (secondary N) is 1. The molecule has 0 radical (unpaired) electrons. The second-order valence-electron chi connectivity index (χ2n) is 8.10. The Balaban J connectivity index is 1.58. The summed E-state index contributed by atoms with van der Waals surface area (Å²) in [4.78, 5) is 2.87. The molecule has 0 heterocycles. The van der Waals surface area contributed by atoms with Gasteiger partial charge in [0.05, 0.1) is 0 Å². The maximum absolute atomic E-state index is 3.62. The monoisotopic (exact) mass is 278 g/mol. The largest absolute Gasteiger partial charge is 0.317 e. The third kappa shape index (κ3) is 3.76. The lowest BCUT2D eigenvalue weighted by molar-refractivity contribution is 0.118. The van der Waals surface area contributed by atoms with Crippen LogP contribution in [0.2, 0.25) is 0 Å². The van der Waals surface area contributed by atoms with Crippen molar-refractivity contribution in [1.29, 1.82) is 0 Å². The van der Waals surface area contributed by atoms with Crippen LogP contribution < -0.4 is 5.32 Å². The molecule has 0 aromatic rings. The molecule has 20 heavy (non-hydrogen) atoms. The van der Waals surface area contributed by atoms with Gasteiger partial charge in [0.1, 0.15) is 0 Å². The first-order valence-electron chi connectivity index (χ1n) is 9.08. The van der Waals surface area contributed by atoms with E-state index in [1.54, 1.807) is 0 Å². The van der Waals surface area contributed by atoms with Crippen LogP contribution in [0.5, 0.6) is 0 Å². The van der Waals surface area contributed by atoms with Crippen molar-refractivity contribution in [3.63, 3.8) is 0 Å². The Bertz CT molecular complexity index is 307. The normalized spacial score (nSPS) is 35.0. The summed E-state index contributed by atoms with van der Waals surface area (Å²) in [6, 6.07) is 1.72. The highest BCUT2D eigenvalue weighted by Gasteiger charge is 2.38. The van der Waals surface area contributed by atoms with Crippen molar-refractivity contribution in [3.8, 4) is 0 Å². The predicted octanol–water partition coefficient (Wildman–Crippen LogP) is 3.52. The van der Waals surface area contributed by atoms with Gasteiger partial charge < -0.3 is 5.32 Å². The van der Waals surface area contributed by atoms with Crippen LogP contribution in [-0.4, -0.2) is 37.1 Å². The van der Waals surface area contributed by atoms with Gasteiger partial charge >= 0.3 is 0 Å². The summed E-state index contributed by atoms with van der Waals surface area (Å²) >= 11 is 0. The lowest BCUT2D eigenvalue weighted by atomic mass is 9.73. The van der Waals surface area contributed by atoms with E-state index in [9.17, 15) is 0 Å². The maximum atomic E-state index is 3.62. The second-order valence-corrected chi connectivity index (χ2v) is 8.10. The molecule has 2 nitrogen and oxygen atoms in total. The average Bonchev–Trinajstić information content (AvgIpc) is 3.30. The highest BCUT2D eigenvalue weighted by Crippen LogP contribution is 2.38. The molecule has 2 heteroatoms. The molecule has 0 aliphatic heterocycles. The fourth-order valence-corrected chi connectivity index (χ4v) is 4.23. The van der Waals surface area contributed by atoms with Crippen molar-refractivity contribution in [3.05, 3.63) is 0 Å². The molecule has 0 saturated heterocycles. The summed E-state index contributed by atoms with van der Waals surface area (Å²) in [5.74, 6) is 3.77. The van der Waals surface area contributed by atoms with Gasteiger partial charge in [0.15, 0.2) is 0 Å². The summed E-state index contributed by atoms with van der Waals surface area (Å²) in [5, 5.41) is 3.62. The smallest absolute Gasteiger partial charge is 0.0105 e. The standard InChI is InChI=1S/C18H34N2/c1-13(2)15-6-9-18(19-3)16(10-15)12-20(17-7-8-17)11-14-4-5-14/h13-19H,4-12H2,1-3H3. The van der Waals surface area contributed by atoms with Crippen LogP contribution in [0.3, 0.4) is 0 Å². The van der Waals surface area contributed by atoms with Crippen LogP contribution in [0.25, 0.3) is 0 Å². The van der Waals surface area contributed by atoms with E-state index < -0.39 is 0 Å². The van der Waals surface area contributed by atoms with Gasteiger partial charge in [-0.05, 0) is 75.7 Å². The minimum Gasteiger partial charge on any atom is -0.317 e. The first-order chi connectivity index (χ1) is 9.67. The summed E-state index contributed by atoms with van der Waals surface area (Å²) < 4.78 is 0. The van der Waals surface area contributed by atoms with Crippen molar-refractivity contribution < 1.29 is 0 Å². The van der Waals surface area contributed by atoms with Gasteiger partial charge in [-0.3, -0.25) is 4.90 Å². The Kier molecular flexibility index (Phi) is 4.72. The van der Waals surface area contributed by atoms with Crippen LogP contribution in [0.4, 0.5) is 0 Å². The first-order valence-corrected chi connectivity index (χ1v) is 9.08. The SMILES string of the molecule is CNC1CCC(C(C)C)CC1CN(CC1CC1)C1CC1. The average molecular weight is 278 g/mol. The molecule has 0 amide bonds. The lowest BCUT2D eigenvalue weighted by Crippen LogP contribution is -2.46. The zero-order chi connectivity index (χ0) is 14.1. The molecule has 116 valence electrons. The molecule has 0 spiro atoms. The predicted molar refractivity (Wildman–Crippen MR) is 85.8 cm³/mol. The molecule has 3 fully saturated rings. The third-order valence-corrected chi connectivity index (χ3v) is 6.06. The maximum Gasteiger partial charge on any atom is 0.0105 e. The van der Waals surface area contributed by atoms with Crippen LogP contribution >= 0.6 is 0 Å². The van der Waals surface area contributed by atoms with Crippen molar-refractivity contribution in [1.82, 2.24) is 10.2 Å². The molecule has 1 N–H and O–H groups in total. The van der Waals surface area contributed by atoms with Crippen molar-refractivity contribution in [2.45, 2.75) is 70.9 Å². The van der Waals surface area contributed by atoms with Crippen LogP contribution in [0.1, 0.15) is 58.8 Å². The van der Waals surface area contributed by atoms with Gasteiger partial charge in [-0.25, -0.2) is 0 Å². The Hall–Kier alpha value is -0.0800. The van der Waals surface area contributed by atoms with Crippen molar-refractivity contribution in [2.75, 3.05) is 20.1 Å². The summed E-state index contributed by atoms with van der Waals surface area (Å²) in [7, 11) is 2.18. The minimum atomic E-state index is 0.769. The summed E-state index contributed by atoms with van der Waals surface area (Å²) in [5.41, 5.74) is 0. The van der Waals surface area contributed by atoms with Gasteiger partial charge in [0, 0.05) is 25.2 Å². The van der Waals surface area contributed by atoms with E-state index in [0.717, 1.165) is 35.8 Å². The number of hydrogen-bond acceptors (Lipinski definition) is 2. The lowest BCUT2D eigenvalue weighted by Gasteiger charge is -2.40. The number of rotatable bonds is 7. The van der Waals surface area contributed by atoms with Gasteiger partial charge in [-0.15, -0.1) is 0 Å². The van der Waals surface area contributed by atoms with E-state index in [1.807, 2.05) is 0 Å². The zero-order valence-corrected chi connectivity index (χ0v) is 13.8. The Labute approximate surface area is 125 Å². The van der Waals surface area contributed by atoms with E-state index in [4.69, 9.17) is 0 Å². The van der Waals surface area contributed by atoms with E-state index in [0.29, 0.717) is 0 Å². The van der Waals surface area contributed by atoms with E-state index in [-0.39, 0.29) is 0 Å². The van der Waals surface area contributed by atoms with Crippen LogP contribution in [-0.2, 0) is 0 Å². The van der Waals surface area contributed by atoms with Crippen LogP contribution in [0, 0.1) is 23.7 Å². The molecule has 3 saturated carbocycles. The highest BCUT2D eigenvalue weighted by molar-refractivity contribution is 4.93. The molecule has 0 aromatic carbocycles. The molecule has 3 atom stereocenters. The van der Waals surface area contributed by atoms with Gasteiger partial charge in [0.2, 0.25) is 0 Å². The van der Waals surface area contributed by atoms with Gasteiger partial charge in [-0.1, -0.05) is 13.8 Å². The van der Waals surface area contributed by atoms with E-state index >= 15 is 0 Å². The number of hydrogen-bond donors (Lipinski definition) is 1. The number of nitrogens with zero attached hydrogens (tertiary/aromatic N) is 1. The second kappa shape index (κ2) is 6.36. The molecule has 0 bridgehead atoms.